The first-order valence-electron chi connectivity index (χ1n) is 11.3. The number of methoxy groups -OCH3 is 2. The van der Waals surface area contributed by atoms with E-state index in [0.29, 0.717) is 39.9 Å². The van der Waals surface area contributed by atoms with Crippen LogP contribution in [-0.2, 0) is 9.59 Å². The van der Waals surface area contributed by atoms with Gasteiger partial charge in [0.05, 0.1) is 19.9 Å². The number of imide groups is 1. The van der Waals surface area contributed by atoms with Crippen molar-refractivity contribution in [1.82, 2.24) is 9.88 Å². The van der Waals surface area contributed by atoms with Gasteiger partial charge < -0.3 is 14.4 Å². The summed E-state index contributed by atoms with van der Waals surface area (Å²) in [5.74, 6) is 0.600. The van der Waals surface area contributed by atoms with Crippen LogP contribution in [0.1, 0.15) is 29.6 Å². The lowest BCUT2D eigenvalue weighted by molar-refractivity contribution is -0.121. The van der Waals surface area contributed by atoms with E-state index in [1.165, 1.54) is 16.2 Å². The summed E-state index contributed by atoms with van der Waals surface area (Å²) in [5, 5.41) is 0.542. The second-order valence-electron chi connectivity index (χ2n) is 8.43. The number of fused-ring (bicyclic) bond motifs is 1. The third-order valence-corrected chi connectivity index (χ3v) is 6.88. The average Bonchev–Trinajstić information content (AvgIpc) is 3.44. The molecular weight excluding hydrogens is 504 g/mol. The van der Waals surface area contributed by atoms with Crippen molar-refractivity contribution in [3.63, 3.8) is 0 Å². The highest BCUT2D eigenvalue weighted by atomic mass is 35.5. The van der Waals surface area contributed by atoms with E-state index >= 15 is 0 Å². The molecule has 0 radical (unpaired) electrons. The molecule has 0 spiro atoms. The van der Waals surface area contributed by atoms with E-state index in [1.807, 2.05) is 20.2 Å². The highest BCUT2D eigenvalue weighted by Gasteiger charge is 2.30. The molecule has 0 N–H and O–H groups in total. The number of nitrogens with zero attached hydrogens (tertiary/aromatic N) is 4. The molecule has 0 saturated carbocycles. The quantitative estimate of drug-likeness (QED) is 0.385. The SMILES string of the molecule is COc1ccc(OC)c2sc(N(CCCN(C)C)C(=O)c3ccc(N4C(=O)CCC4=O)cc3)nc12.Cl. The minimum Gasteiger partial charge on any atom is -0.495 e. The number of rotatable bonds is 9. The van der Waals surface area contributed by atoms with Crippen LogP contribution in [0.5, 0.6) is 11.5 Å². The molecule has 4 rings (SSSR count). The number of aromatic nitrogens is 1. The number of carbonyl (C=O) groups is 3. The summed E-state index contributed by atoms with van der Waals surface area (Å²) >= 11 is 1.37. The molecule has 0 bridgehead atoms. The Morgan fingerprint density at radius 3 is 2.17 bits per heavy atom. The number of carbonyl (C=O) groups excluding carboxylic acids is 3. The number of hydrogen-bond donors (Lipinski definition) is 0. The van der Waals surface area contributed by atoms with E-state index in [9.17, 15) is 14.4 Å². The van der Waals surface area contributed by atoms with Gasteiger partial charge in [0.15, 0.2) is 5.13 Å². The number of thiazole rings is 1. The summed E-state index contributed by atoms with van der Waals surface area (Å²) in [6.45, 7) is 1.27. The molecule has 3 amide bonds. The highest BCUT2D eigenvalue weighted by molar-refractivity contribution is 7.22. The van der Waals surface area contributed by atoms with E-state index in [-0.39, 0.29) is 43.0 Å². The zero-order valence-corrected chi connectivity index (χ0v) is 22.3. The predicted octanol–water partition coefficient (Wildman–Crippen LogP) is 3.99. The lowest BCUT2D eigenvalue weighted by atomic mass is 10.1. The van der Waals surface area contributed by atoms with Crippen LogP contribution >= 0.6 is 23.7 Å². The van der Waals surface area contributed by atoms with Gasteiger partial charge in [-0.1, -0.05) is 11.3 Å². The zero-order valence-electron chi connectivity index (χ0n) is 20.6. The second kappa shape index (κ2) is 11.7. The monoisotopic (exact) mass is 532 g/mol. The summed E-state index contributed by atoms with van der Waals surface area (Å²) in [5.41, 5.74) is 1.55. The van der Waals surface area contributed by atoms with Gasteiger partial charge in [0.2, 0.25) is 11.8 Å². The van der Waals surface area contributed by atoms with E-state index in [2.05, 4.69) is 4.90 Å². The molecule has 1 aromatic heterocycles. The smallest absolute Gasteiger partial charge is 0.260 e. The standard InChI is InChI=1S/C25H28N4O5S.ClH/c1-27(2)14-5-15-28(25-26-22-18(33-3)10-11-19(34-4)23(22)35-25)24(32)16-6-8-17(9-7-16)29-20(30)12-13-21(29)31;/h6-11H,5,12-15H2,1-4H3;1H. The van der Waals surface area contributed by atoms with Gasteiger partial charge in [0.1, 0.15) is 21.7 Å². The maximum Gasteiger partial charge on any atom is 0.260 e. The van der Waals surface area contributed by atoms with Crippen LogP contribution in [0.15, 0.2) is 36.4 Å². The molecule has 3 aromatic rings. The molecule has 0 unspecified atom stereocenters. The molecule has 0 aliphatic carbocycles. The van der Waals surface area contributed by atoms with E-state index < -0.39 is 0 Å². The van der Waals surface area contributed by atoms with Crippen molar-refractivity contribution >= 4 is 62.5 Å². The molecular formula is C25H29ClN4O5S. The molecule has 1 saturated heterocycles. The maximum absolute atomic E-state index is 13.6. The van der Waals surface area contributed by atoms with Crippen molar-refractivity contribution in [2.45, 2.75) is 19.3 Å². The number of ether oxygens (including phenoxy) is 2. The van der Waals surface area contributed by atoms with Crippen LogP contribution in [0.25, 0.3) is 10.2 Å². The first kappa shape index (κ1) is 27.4. The summed E-state index contributed by atoms with van der Waals surface area (Å²) in [7, 11) is 7.15. The molecule has 192 valence electrons. The summed E-state index contributed by atoms with van der Waals surface area (Å²) in [6.07, 6.45) is 1.17. The van der Waals surface area contributed by atoms with Crippen LogP contribution in [0.2, 0.25) is 0 Å². The average molecular weight is 533 g/mol. The Morgan fingerprint density at radius 2 is 1.58 bits per heavy atom. The minimum atomic E-state index is -0.225. The first-order valence-corrected chi connectivity index (χ1v) is 12.1. The van der Waals surface area contributed by atoms with Crippen LogP contribution in [0, 0.1) is 0 Å². The van der Waals surface area contributed by atoms with Gasteiger partial charge in [-0.3, -0.25) is 24.2 Å². The Kier molecular flexibility index (Phi) is 8.89. The van der Waals surface area contributed by atoms with Crippen molar-refractivity contribution in [2.75, 3.05) is 51.2 Å². The maximum atomic E-state index is 13.6. The Hall–Kier alpha value is -3.21. The summed E-state index contributed by atoms with van der Waals surface area (Å²) < 4.78 is 11.8. The predicted molar refractivity (Wildman–Crippen MR) is 143 cm³/mol. The Morgan fingerprint density at radius 1 is 0.972 bits per heavy atom. The number of halogens is 1. The zero-order chi connectivity index (χ0) is 25.1. The van der Waals surface area contributed by atoms with Crippen molar-refractivity contribution in [3.05, 3.63) is 42.0 Å². The van der Waals surface area contributed by atoms with Crippen LogP contribution < -0.4 is 19.3 Å². The van der Waals surface area contributed by atoms with Crippen LogP contribution in [0.4, 0.5) is 10.8 Å². The van der Waals surface area contributed by atoms with Crippen LogP contribution in [-0.4, -0.2) is 69.0 Å². The van der Waals surface area contributed by atoms with Gasteiger partial charge in [-0.05, 0) is 63.5 Å². The van der Waals surface area contributed by atoms with Gasteiger partial charge in [-0.25, -0.2) is 4.98 Å². The molecule has 2 aromatic carbocycles. The van der Waals surface area contributed by atoms with Gasteiger partial charge >= 0.3 is 0 Å². The molecule has 1 aliphatic heterocycles. The van der Waals surface area contributed by atoms with E-state index in [1.54, 1.807) is 49.5 Å². The topological polar surface area (TPSA) is 92.3 Å². The third kappa shape index (κ3) is 5.45. The van der Waals surface area contributed by atoms with Crippen LogP contribution in [0.3, 0.4) is 0 Å². The lowest BCUT2D eigenvalue weighted by Crippen LogP contribution is -2.33. The molecule has 1 aliphatic rings. The molecule has 2 heterocycles. The molecule has 0 atom stereocenters. The first-order chi connectivity index (χ1) is 16.8. The van der Waals surface area contributed by atoms with Gasteiger partial charge in [-0.2, -0.15) is 0 Å². The Bertz CT molecular complexity index is 1200. The number of amides is 3. The largest absolute Gasteiger partial charge is 0.495 e. The van der Waals surface area contributed by atoms with Crippen molar-refractivity contribution < 1.29 is 23.9 Å². The lowest BCUT2D eigenvalue weighted by Gasteiger charge is -2.21. The fraction of sp³-hybridized carbons (Fsp3) is 0.360. The molecule has 11 heteroatoms. The van der Waals surface area contributed by atoms with Crippen molar-refractivity contribution in [1.29, 1.82) is 0 Å². The number of benzene rings is 2. The number of hydrogen-bond acceptors (Lipinski definition) is 8. The van der Waals surface area contributed by atoms with E-state index in [0.717, 1.165) is 17.7 Å². The minimum absolute atomic E-state index is 0. The van der Waals surface area contributed by atoms with Crippen molar-refractivity contribution in [3.8, 4) is 11.5 Å². The number of anilines is 2. The third-order valence-electron chi connectivity index (χ3n) is 5.79. The normalized spacial score (nSPS) is 13.3. The Labute approximate surface area is 220 Å². The summed E-state index contributed by atoms with van der Waals surface area (Å²) in [4.78, 5) is 47.4. The summed E-state index contributed by atoms with van der Waals surface area (Å²) in [6, 6.07) is 10.2. The fourth-order valence-corrected chi connectivity index (χ4v) is 5.09. The highest BCUT2D eigenvalue weighted by Crippen LogP contribution is 2.40. The fourth-order valence-electron chi connectivity index (χ4n) is 3.99. The van der Waals surface area contributed by atoms with E-state index in [4.69, 9.17) is 14.5 Å². The molecule has 1 fully saturated rings. The molecule has 9 nitrogen and oxygen atoms in total. The van der Waals surface area contributed by atoms with Gasteiger partial charge in [0.25, 0.3) is 5.91 Å². The van der Waals surface area contributed by atoms with Gasteiger partial charge in [0, 0.05) is 24.9 Å². The van der Waals surface area contributed by atoms with Gasteiger partial charge in [-0.15, -0.1) is 12.4 Å². The van der Waals surface area contributed by atoms with Crippen molar-refractivity contribution in [2.24, 2.45) is 0 Å². The Balaban J connectivity index is 0.00000361. The molecule has 36 heavy (non-hydrogen) atoms. The second-order valence-corrected chi connectivity index (χ2v) is 9.41.